The van der Waals surface area contributed by atoms with Gasteiger partial charge >= 0.3 is 0 Å². The molecule has 3 aromatic heterocycles. The normalized spacial score (nSPS) is 11.2. The van der Waals surface area contributed by atoms with E-state index < -0.39 is 0 Å². The van der Waals surface area contributed by atoms with Gasteiger partial charge in [0.15, 0.2) is 5.16 Å². The standard InChI is InChI=1S/C23H19N5OS/c1-15-10-11-17-18(13-15)25-23(24-17)30-14-20(29)27-22-21(16-7-3-2-4-8-16)26-19-9-5-6-12-28(19)22/h2-13H,14H2,1H3,(H,24,25)(H,27,29). The molecule has 0 saturated carbocycles. The van der Waals surface area contributed by atoms with E-state index >= 15 is 0 Å². The number of rotatable bonds is 5. The fraction of sp³-hybridized carbons (Fsp3) is 0.0870. The first kappa shape index (κ1) is 18.4. The number of benzene rings is 2. The maximum atomic E-state index is 12.8. The second-order valence-electron chi connectivity index (χ2n) is 7.00. The van der Waals surface area contributed by atoms with Gasteiger partial charge < -0.3 is 10.3 Å². The highest BCUT2D eigenvalue weighted by Gasteiger charge is 2.16. The van der Waals surface area contributed by atoms with Crippen LogP contribution < -0.4 is 5.32 Å². The molecule has 0 saturated heterocycles. The average molecular weight is 414 g/mol. The number of thioether (sulfide) groups is 1. The Bertz CT molecular complexity index is 1360. The molecule has 0 aliphatic rings. The van der Waals surface area contributed by atoms with E-state index in [-0.39, 0.29) is 11.7 Å². The number of aromatic amines is 1. The van der Waals surface area contributed by atoms with Gasteiger partial charge in [0, 0.05) is 11.8 Å². The number of pyridine rings is 1. The lowest BCUT2D eigenvalue weighted by Gasteiger charge is -2.07. The van der Waals surface area contributed by atoms with Crippen LogP contribution in [0.3, 0.4) is 0 Å². The SMILES string of the molecule is Cc1ccc2nc(SCC(=O)Nc3c(-c4ccccc4)nc4ccccn34)[nH]c2c1. The largest absolute Gasteiger partial charge is 0.333 e. The number of anilines is 1. The van der Waals surface area contributed by atoms with E-state index in [4.69, 9.17) is 4.98 Å². The van der Waals surface area contributed by atoms with E-state index in [0.29, 0.717) is 5.82 Å². The predicted molar refractivity (Wildman–Crippen MR) is 121 cm³/mol. The Morgan fingerprint density at radius 1 is 1.07 bits per heavy atom. The van der Waals surface area contributed by atoms with Gasteiger partial charge in [-0.15, -0.1) is 0 Å². The first-order valence-corrected chi connectivity index (χ1v) is 10.6. The maximum Gasteiger partial charge on any atom is 0.236 e. The molecule has 0 bridgehead atoms. The van der Waals surface area contributed by atoms with Crippen molar-refractivity contribution < 1.29 is 4.79 Å². The van der Waals surface area contributed by atoms with Crippen LogP contribution in [0.1, 0.15) is 5.56 Å². The van der Waals surface area contributed by atoms with Crippen molar-refractivity contribution in [3.05, 3.63) is 78.5 Å². The molecule has 30 heavy (non-hydrogen) atoms. The summed E-state index contributed by atoms with van der Waals surface area (Å²) in [6.45, 7) is 2.04. The number of aryl methyl sites for hydroxylation is 1. The van der Waals surface area contributed by atoms with Crippen LogP contribution in [0.5, 0.6) is 0 Å². The van der Waals surface area contributed by atoms with Crippen molar-refractivity contribution >= 4 is 40.2 Å². The lowest BCUT2D eigenvalue weighted by Crippen LogP contribution is -2.16. The molecule has 0 radical (unpaired) electrons. The number of nitrogens with one attached hydrogen (secondary N) is 2. The van der Waals surface area contributed by atoms with Crippen LogP contribution in [0.25, 0.3) is 27.9 Å². The lowest BCUT2D eigenvalue weighted by atomic mass is 10.1. The molecule has 148 valence electrons. The van der Waals surface area contributed by atoms with Crippen LogP contribution in [0.4, 0.5) is 5.82 Å². The molecular formula is C23H19N5OS. The Labute approximate surface area is 177 Å². The van der Waals surface area contributed by atoms with Crippen LogP contribution in [-0.2, 0) is 4.79 Å². The quantitative estimate of drug-likeness (QED) is 0.401. The number of aromatic nitrogens is 4. The van der Waals surface area contributed by atoms with Crippen molar-refractivity contribution in [1.82, 2.24) is 19.4 Å². The highest BCUT2D eigenvalue weighted by Crippen LogP contribution is 2.29. The van der Waals surface area contributed by atoms with E-state index in [1.165, 1.54) is 17.3 Å². The van der Waals surface area contributed by atoms with Gasteiger partial charge in [-0.2, -0.15) is 0 Å². The summed E-state index contributed by atoms with van der Waals surface area (Å²) in [5.74, 6) is 0.801. The first-order chi connectivity index (χ1) is 14.7. The zero-order chi connectivity index (χ0) is 20.5. The Balaban J connectivity index is 1.38. The summed E-state index contributed by atoms with van der Waals surface area (Å²) in [4.78, 5) is 25.3. The summed E-state index contributed by atoms with van der Waals surface area (Å²) in [6.07, 6.45) is 1.90. The van der Waals surface area contributed by atoms with Crippen LogP contribution in [0, 0.1) is 6.92 Å². The molecule has 7 heteroatoms. The molecular weight excluding hydrogens is 394 g/mol. The summed E-state index contributed by atoms with van der Waals surface area (Å²) < 4.78 is 1.90. The topological polar surface area (TPSA) is 75.1 Å². The third-order valence-electron chi connectivity index (χ3n) is 4.79. The van der Waals surface area contributed by atoms with Gasteiger partial charge in [0.2, 0.25) is 5.91 Å². The fourth-order valence-corrected chi connectivity index (χ4v) is 4.07. The van der Waals surface area contributed by atoms with Gasteiger partial charge in [-0.3, -0.25) is 9.20 Å². The average Bonchev–Trinajstić information content (AvgIpc) is 3.34. The van der Waals surface area contributed by atoms with Gasteiger partial charge in [-0.05, 0) is 36.8 Å². The van der Waals surface area contributed by atoms with Gasteiger partial charge in [0.25, 0.3) is 0 Å². The van der Waals surface area contributed by atoms with Crippen molar-refractivity contribution in [1.29, 1.82) is 0 Å². The number of carbonyl (C=O) groups is 1. The van der Waals surface area contributed by atoms with Crippen LogP contribution >= 0.6 is 11.8 Å². The lowest BCUT2D eigenvalue weighted by molar-refractivity contribution is -0.113. The van der Waals surface area contributed by atoms with Gasteiger partial charge in [-0.1, -0.05) is 54.2 Å². The first-order valence-electron chi connectivity index (χ1n) is 9.59. The van der Waals surface area contributed by atoms with Crippen LogP contribution in [0.2, 0.25) is 0 Å². The zero-order valence-electron chi connectivity index (χ0n) is 16.3. The van der Waals surface area contributed by atoms with E-state index in [2.05, 4.69) is 21.4 Å². The Morgan fingerprint density at radius 3 is 2.77 bits per heavy atom. The predicted octanol–water partition coefficient (Wildman–Crippen LogP) is 4.92. The number of imidazole rings is 2. The van der Waals surface area contributed by atoms with Crippen LogP contribution in [0.15, 0.2) is 78.1 Å². The Morgan fingerprint density at radius 2 is 1.90 bits per heavy atom. The molecule has 6 nitrogen and oxygen atoms in total. The third kappa shape index (κ3) is 3.55. The van der Waals surface area contributed by atoms with Crippen molar-refractivity contribution in [2.45, 2.75) is 12.1 Å². The highest BCUT2D eigenvalue weighted by molar-refractivity contribution is 7.99. The molecule has 0 aliphatic carbocycles. The molecule has 2 aromatic carbocycles. The molecule has 0 atom stereocenters. The van der Waals surface area contributed by atoms with Gasteiger partial charge in [0.1, 0.15) is 17.2 Å². The number of hydrogen-bond acceptors (Lipinski definition) is 4. The smallest absolute Gasteiger partial charge is 0.236 e. The summed E-state index contributed by atoms with van der Waals surface area (Å²) in [7, 11) is 0. The van der Waals surface area contributed by atoms with Gasteiger partial charge in [0.05, 0.1) is 16.8 Å². The van der Waals surface area contributed by atoms with E-state index in [0.717, 1.165) is 33.1 Å². The second kappa shape index (κ2) is 7.68. The number of nitrogens with zero attached hydrogens (tertiary/aromatic N) is 3. The molecule has 5 rings (SSSR count). The third-order valence-corrected chi connectivity index (χ3v) is 5.66. The van der Waals surface area contributed by atoms with Crippen molar-refractivity contribution in [2.75, 3.05) is 11.1 Å². The highest BCUT2D eigenvalue weighted by atomic mass is 32.2. The summed E-state index contributed by atoms with van der Waals surface area (Å²) in [6, 6.07) is 21.7. The molecule has 0 aliphatic heterocycles. The molecule has 1 amide bonds. The zero-order valence-corrected chi connectivity index (χ0v) is 17.1. The number of amides is 1. The summed E-state index contributed by atoms with van der Waals surface area (Å²) >= 11 is 1.38. The minimum Gasteiger partial charge on any atom is -0.333 e. The van der Waals surface area contributed by atoms with E-state index in [9.17, 15) is 4.79 Å². The van der Waals surface area contributed by atoms with E-state index in [1.54, 1.807) is 0 Å². The number of carbonyl (C=O) groups excluding carboxylic acids is 1. The monoisotopic (exact) mass is 413 g/mol. The Hall–Kier alpha value is -3.58. The van der Waals surface area contributed by atoms with E-state index in [1.807, 2.05) is 78.2 Å². The molecule has 5 aromatic rings. The molecule has 2 N–H and O–H groups in total. The minimum absolute atomic E-state index is 0.112. The minimum atomic E-state index is -0.112. The number of H-pyrrole nitrogens is 1. The van der Waals surface area contributed by atoms with Crippen LogP contribution in [-0.4, -0.2) is 31.0 Å². The van der Waals surface area contributed by atoms with Crippen molar-refractivity contribution in [2.24, 2.45) is 0 Å². The van der Waals surface area contributed by atoms with Crippen molar-refractivity contribution in [3.63, 3.8) is 0 Å². The van der Waals surface area contributed by atoms with Crippen molar-refractivity contribution in [3.8, 4) is 11.3 Å². The number of fused-ring (bicyclic) bond motifs is 2. The summed E-state index contributed by atoms with van der Waals surface area (Å²) in [5.41, 5.74) is 5.53. The molecule has 0 fully saturated rings. The summed E-state index contributed by atoms with van der Waals surface area (Å²) in [5, 5.41) is 3.77. The van der Waals surface area contributed by atoms with Gasteiger partial charge in [-0.25, -0.2) is 9.97 Å². The maximum absolute atomic E-state index is 12.8. The molecule has 0 unspecified atom stereocenters. The second-order valence-corrected chi connectivity index (χ2v) is 7.97. The molecule has 3 heterocycles. The fourth-order valence-electron chi connectivity index (χ4n) is 3.38. The number of hydrogen-bond donors (Lipinski definition) is 2. The Kier molecular flexibility index (Phi) is 4.72. The molecule has 0 spiro atoms.